The predicted octanol–water partition coefficient (Wildman–Crippen LogP) is 0.988. The molecule has 2 heterocycles. The lowest BCUT2D eigenvalue weighted by atomic mass is 10.4. The molecule has 0 unspecified atom stereocenters. The van der Waals surface area contributed by atoms with Crippen molar-refractivity contribution in [3.63, 3.8) is 0 Å². The normalized spacial score (nSPS) is 10.9. The highest BCUT2D eigenvalue weighted by atomic mass is 32.1. The Morgan fingerprint density at radius 2 is 2.38 bits per heavy atom. The molecule has 2 rings (SSSR count). The average Bonchev–Trinajstić information content (AvgIpc) is 2.82. The van der Waals surface area contributed by atoms with E-state index in [4.69, 9.17) is 17.0 Å². The minimum atomic E-state index is 0.591. The molecule has 0 aliphatic carbocycles. The summed E-state index contributed by atoms with van der Waals surface area (Å²) in [5.74, 6) is 0.780. The van der Waals surface area contributed by atoms with Crippen molar-refractivity contribution in [2.75, 3.05) is 13.7 Å². The molecule has 0 spiro atoms. The van der Waals surface area contributed by atoms with Gasteiger partial charge in [-0.25, -0.2) is 0 Å². The minimum Gasteiger partial charge on any atom is -0.383 e. The van der Waals surface area contributed by atoms with Crippen molar-refractivity contribution in [3.05, 3.63) is 17.0 Å². The molecule has 0 atom stereocenters. The number of hydrogen-bond acceptors (Lipinski definition) is 4. The fourth-order valence-electron chi connectivity index (χ4n) is 1.50. The van der Waals surface area contributed by atoms with Crippen LogP contribution in [0.15, 0.2) is 12.3 Å². The summed E-state index contributed by atoms with van der Waals surface area (Å²) in [6.07, 6.45) is 1.73. The molecule has 86 valence electrons. The lowest BCUT2D eigenvalue weighted by molar-refractivity contribution is 0.187. The van der Waals surface area contributed by atoms with E-state index in [1.54, 1.807) is 18.0 Å². The zero-order valence-corrected chi connectivity index (χ0v) is 9.99. The highest BCUT2D eigenvalue weighted by Gasteiger charge is 2.11. The third-order valence-electron chi connectivity index (χ3n) is 2.33. The van der Waals surface area contributed by atoms with E-state index in [1.165, 1.54) is 0 Å². The van der Waals surface area contributed by atoms with Gasteiger partial charge in [-0.3, -0.25) is 14.3 Å². The Bertz CT molecular complexity index is 526. The highest BCUT2D eigenvalue weighted by molar-refractivity contribution is 7.71. The molecule has 0 aliphatic rings. The fourth-order valence-corrected chi connectivity index (χ4v) is 1.72. The number of nitrogens with one attached hydrogen (secondary N) is 1. The molecule has 0 saturated carbocycles. The lowest BCUT2D eigenvalue weighted by Crippen LogP contribution is -2.08. The number of aryl methyl sites for hydroxylation is 1. The largest absolute Gasteiger partial charge is 0.383 e. The van der Waals surface area contributed by atoms with Crippen molar-refractivity contribution in [1.29, 1.82) is 0 Å². The van der Waals surface area contributed by atoms with Crippen LogP contribution >= 0.6 is 12.2 Å². The third-order valence-corrected chi connectivity index (χ3v) is 2.64. The Hall–Kier alpha value is -1.47. The molecule has 2 aromatic heterocycles. The van der Waals surface area contributed by atoms with E-state index in [1.807, 2.05) is 17.7 Å². The summed E-state index contributed by atoms with van der Waals surface area (Å²) in [4.78, 5) is 0. The summed E-state index contributed by atoms with van der Waals surface area (Å²) >= 11 is 5.16. The van der Waals surface area contributed by atoms with Gasteiger partial charge in [-0.1, -0.05) is 0 Å². The van der Waals surface area contributed by atoms with Crippen molar-refractivity contribution in [2.45, 2.75) is 6.54 Å². The van der Waals surface area contributed by atoms with Crippen LogP contribution < -0.4 is 0 Å². The van der Waals surface area contributed by atoms with E-state index in [9.17, 15) is 0 Å². The number of ether oxygens (including phenoxy) is 1. The van der Waals surface area contributed by atoms with Crippen molar-refractivity contribution < 1.29 is 4.74 Å². The van der Waals surface area contributed by atoms with Crippen molar-refractivity contribution in [3.8, 4) is 11.5 Å². The quantitative estimate of drug-likeness (QED) is 0.808. The van der Waals surface area contributed by atoms with Crippen LogP contribution in [0.4, 0.5) is 0 Å². The van der Waals surface area contributed by atoms with E-state index >= 15 is 0 Å². The maximum atomic E-state index is 5.16. The van der Waals surface area contributed by atoms with Gasteiger partial charge >= 0.3 is 0 Å². The van der Waals surface area contributed by atoms with E-state index < -0.39 is 0 Å². The summed E-state index contributed by atoms with van der Waals surface area (Å²) in [7, 11) is 3.53. The second kappa shape index (κ2) is 4.58. The second-order valence-corrected chi connectivity index (χ2v) is 3.72. The zero-order valence-electron chi connectivity index (χ0n) is 9.17. The molecule has 16 heavy (non-hydrogen) atoms. The Balaban J connectivity index is 2.42. The molecule has 0 amide bonds. The maximum absolute atomic E-state index is 5.16. The van der Waals surface area contributed by atoms with Gasteiger partial charge in [0.25, 0.3) is 0 Å². The number of rotatable bonds is 4. The number of hydrogen-bond donors (Lipinski definition) is 1. The maximum Gasteiger partial charge on any atom is 0.195 e. The van der Waals surface area contributed by atoms with E-state index in [0.29, 0.717) is 17.9 Å². The van der Waals surface area contributed by atoms with E-state index in [0.717, 1.165) is 11.5 Å². The summed E-state index contributed by atoms with van der Waals surface area (Å²) in [5.41, 5.74) is 0.920. The van der Waals surface area contributed by atoms with Gasteiger partial charge in [-0.15, -0.1) is 0 Å². The van der Waals surface area contributed by atoms with Crippen LogP contribution in [0.1, 0.15) is 0 Å². The molecule has 1 N–H and O–H groups in total. The molecule has 7 heteroatoms. The summed E-state index contributed by atoms with van der Waals surface area (Å²) in [5, 5.41) is 11.1. The number of aromatic amines is 1. The van der Waals surface area contributed by atoms with Crippen LogP contribution in [0.25, 0.3) is 11.5 Å². The van der Waals surface area contributed by atoms with Crippen molar-refractivity contribution in [2.24, 2.45) is 7.05 Å². The smallest absolute Gasteiger partial charge is 0.195 e. The number of H-pyrrole nitrogens is 1. The molecule has 0 fully saturated rings. The van der Waals surface area contributed by atoms with E-state index in [-0.39, 0.29) is 0 Å². The van der Waals surface area contributed by atoms with Crippen LogP contribution in [0.3, 0.4) is 0 Å². The van der Waals surface area contributed by atoms with Gasteiger partial charge in [0.05, 0.1) is 13.2 Å². The first-order valence-electron chi connectivity index (χ1n) is 4.86. The topological polar surface area (TPSA) is 60.7 Å². The SMILES string of the molecule is COCCn1c(-c2ccnn2C)n[nH]c1=S. The molecule has 2 aromatic rings. The Morgan fingerprint density at radius 1 is 1.56 bits per heavy atom. The van der Waals surface area contributed by atoms with Crippen LogP contribution in [0.2, 0.25) is 0 Å². The van der Waals surface area contributed by atoms with Crippen LogP contribution in [-0.4, -0.2) is 38.3 Å². The highest BCUT2D eigenvalue weighted by Crippen LogP contribution is 2.15. The molecule has 0 bridgehead atoms. The molecule has 0 aromatic carbocycles. The molecule has 0 radical (unpaired) electrons. The summed E-state index contributed by atoms with van der Waals surface area (Å²) < 4.78 is 9.29. The minimum absolute atomic E-state index is 0.591. The summed E-state index contributed by atoms with van der Waals surface area (Å²) in [6.45, 7) is 1.27. The average molecular weight is 239 g/mol. The predicted molar refractivity (Wildman–Crippen MR) is 61.5 cm³/mol. The summed E-state index contributed by atoms with van der Waals surface area (Å²) in [6, 6.07) is 1.90. The lowest BCUT2D eigenvalue weighted by Gasteiger charge is -2.05. The Morgan fingerprint density at radius 3 is 3.00 bits per heavy atom. The third kappa shape index (κ3) is 1.91. The monoisotopic (exact) mass is 239 g/mol. The first-order valence-corrected chi connectivity index (χ1v) is 5.27. The molecular formula is C9H13N5OS. The Labute approximate surface area is 97.9 Å². The van der Waals surface area contributed by atoms with Gasteiger partial charge < -0.3 is 4.74 Å². The first kappa shape index (κ1) is 11.0. The molecule has 0 saturated heterocycles. The van der Waals surface area contributed by atoms with Gasteiger partial charge in [-0.05, 0) is 18.3 Å². The first-order chi connectivity index (χ1) is 7.74. The van der Waals surface area contributed by atoms with E-state index in [2.05, 4.69) is 15.3 Å². The van der Waals surface area contributed by atoms with Crippen LogP contribution in [0, 0.1) is 4.77 Å². The second-order valence-electron chi connectivity index (χ2n) is 3.34. The van der Waals surface area contributed by atoms with Crippen LogP contribution in [0.5, 0.6) is 0 Å². The Kier molecular flexibility index (Phi) is 3.16. The molecular weight excluding hydrogens is 226 g/mol. The molecule has 0 aliphatic heterocycles. The van der Waals surface area contributed by atoms with Gasteiger partial charge in [0.15, 0.2) is 10.6 Å². The number of nitrogens with zero attached hydrogens (tertiary/aromatic N) is 4. The van der Waals surface area contributed by atoms with Crippen molar-refractivity contribution >= 4 is 12.2 Å². The van der Waals surface area contributed by atoms with Gasteiger partial charge in [0.2, 0.25) is 0 Å². The van der Waals surface area contributed by atoms with Crippen LogP contribution in [-0.2, 0) is 18.3 Å². The molecule has 6 nitrogen and oxygen atoms in total. The standard InChI is InChI=1S/C9H13N5OS/c1-13-7(3-4-10-13)8-11-12-9(16)14(8)5-6-15-2/h3-4H,5-6H2,1-2H3,(H,12,16). The fraction of sp³-hybridized carbons (Fsp3) is 0.444. The van der Waals surface area contributed by atoms with Gasteiger partial charge in [0.1, 0.15) is 5.69 Å². The number of aromatic nitrogens is 5. The van der Waals surface area contributed by atoms with Gasteiger partial charge in [-0.2, -0.15) is 10.2 Å². The van der Waals surface area contributed by atoms with Gasteiger partial charge in [0, 0.05) is 20.4 Å². The number of methoxy groups -OCH3 is 1. The zero-order chi connectivity index (χ0) is 11.5. The van der Waals surface area contributed by atoms with Crippen molar-refractivity contribution in [1.82, 2.24) is 24.5 Å².